The van der Waals surface area contributed by atoms with Crippen molar-refractivity contribution < 1.29 is 4.74 Å². The van der Waals surface area contributed by atoms with Crippen LogP contribution in [-0.4, -0.2) is 28.2 Å². The molecule has 0 N–H and O–H groups in total. The van der Waals surface area contributed by atoms with Crippen LogP contribution in [-0.2, 0) is 19.6 Å². The highest BCUT2D eigenvalue weighted by Gasteiger charge is 2.27. The van der Waals surface area contributed by atoms with Crippen molar-refractivity contribution in [3.8, 4) is 5.75 Å². The Hall–Kier alpha value is -3.12. The van der Waals surface area contributed by atoms with Crippen LogP contribution in [0.2, 0.25) is 0 Å². The van der Waals surface area contributed by atoms with E-state index in [1.165, 1.54) is 11.1 Å². The number of hydrogen-bond donors (Lipinski definition) is 0. The fourth-order valence-corrected chi connectivity index (χ4v) is 4.02. The molecule has 0 saturated heterocycles. The summed E-state index contributed by atoms with van der Waals surface area (Å²) in [5, 5.41) is 0. The Kier molecular flexibility index (Phi) is 5.59. The monoisotopic (exact) mass is 404 g/mol. The average Bonchev–Trinajstić information content (AvgIpc) is 2.75. The molecule has 0 radical (unpaired) electrons. The molecule has 1 aromatic heterocycles. The minimum absolute atomic E-state index is 0.0529. The van der Waals surface area contributed by atoms with Crippen LogP contribution < -0.4 is 15.2 Å². The van der Waals surface area contributed by atoms with Gasteiger partial charge in [0.15, 0.2) is 0 Å². The second-order valence-electron chi connectivity index (χ2n) is 7.79. The number of nitrogens with zero attached hydrogens (tertiary/aromatic N) is 4. The number of hydrogen-bond acceptors (Lipinski definition) is 5. The van der Waals surface area contributed by atoms with E-state index in [2.05, 4.69) is 47.1 Å². The van der Waals surface area contributed by atoms with Crippen molar-refractivity contribution in [1.29, 1.82) is 0 Å². The predicted octanol–water partition coefficient (Wildman–Crippen LogP) is 4.00. The highest BCUT2D eigenvalue weighted by Crippen LogP contribution is 2.29. The zero-order valence-corrected chi connectivity index (χ0v) is 18.1. The zero-order valence-electron chi connectivity index (χ0n) is 18.1. The molecule has 0 aliphatic carbocycles. The van der Waals surface area contributed by atoms with Crippen molar-refractivity contribution in [3.63, 3.8) is 0 Å². The van der Waals surface area contributed by atoms with Gasteiger partial charge in [-0.05, 0) is 55.7 Å². The van der Waals surface area contributed by atoms with Crippen molar-refractivity contribution in [3.05, 3.63) is 81.3 Å². The van der Waals surface area contributed by atoms with E-state index in [9.17, 15) is 4.79 Å². The molecule has 4 rings (SSSR count). The first-order chi connectivity index (χ1) is 14.5. The first-order valence-corrected chi connectivity index (χ1v) is 10.3. The lowest BCUT2D eigenvalue weighted by Crippen LogP contribution is -2.47. The number of rotatable bonds is 5. The van der Waals surface area contributed by atoms with E-state index < -0.39 is 0 Å². The molecular formula is C24H28N4O2. The molecule has 0 bridgehead atoms. The molecule has 0 unspecified atom stereocenters. The van der Waals surface area contributed by atoms with Gasteiger partial charge in [-0.2, -0.15) is 0 Å². The molecule has 0 spiro atoms. The first kappa shape index (κ1) is 20.2. The number of methoxy groups -OCH3 is 1. The van der Waals surface area contributed by atoms with Gasteiger partial charge in [0.1, 0.15) is 5.75 Å². The molecule has 0 saturated carbocycles. The van der Waals surface area contributed by atoms with Gasteiger partial charge in [0.25, 0.3) is 5.56 Å². The van der Waals surface area contributed by atoms with Gasteiger partial charge in [-0.3, -0.25) is 19.2 Å². The average molecular weight is 405 g/mol. The molecule has 0 amide bonds. The molecule has 6 nitrogen and oxygen atoms in total. The quantitative estimate of drug-likeness (QED) is 0.643. The topological polar surface area (TPSA) is 50.6 Å². The molecule has 30 heavy (non-hydrogen) atoms. The molecule has 6 heteroatoms. The minimum atomic E-state index is 0.0529. The van der Waals surface area contributed by atoms with E-state index in [1.54, 1.807) is 11.7 Å². The Morgan fingerprint density at radius 1 is 1.07 bits per heavy atom. The summed E-state index contributed by atoms with van der Waals surface area (Å²) >= 11 is 0. The summed E-state index contributed by atoms with van der Waals surface area (Å²) in [6.45, 7) is 7.92. The predicted molar refractivity (Wildman–Crippen MR) is 119 cm³/mol. The normalized spacial score (nSPS) is 13.9. The second kappa shape index (κ2) is 8.32. The van der Waals surface area contributed by atoms with Crippen LogP contribution in [0.5, 0.6) is 5.75 Å². The minimum Gasteiger partial charge on any atom is -0.497 e. The highest BCUT2D eigenvalue weighted by atomic mass is 16.5. The Balaban J connectivity index is 1.75. The number of aromatic nitrogens is 2. The van der Waals surface area contributed by atoms with E-state index in [1.807, 2.05) is 32.0 Å². The van der Waals surface area contributed by atoms with Crippen LogP contribution in [0, 0.1) is 13.8 Å². The van der Waals surface area contributed by atoms with E-state index in [-0.39, 0.29) is 5.56 Å². The van der Waals surface area contributed by atoms with E-state index in [0.717, 1.165) is 29.2 Å². The van der Waals surface area contributed by atoms with Gasteiger partial charge in [-0.25, -0.2) is 4.98 Å². The maximum Gasteiger partial charge on any atom is 0.259 e. The number of anilines is 2. The Morgan fingerprint density at radius 2 is 1.83 bits per heavy atom. The lowest BCUT2D eigenvalue weighted by molar-refractivity contribution is 0.189. The molecule has 1 aliphatic rings. The summed E-state index contributed by atoms with van der Waals surface area (Å²) in [5.41, 5.74) is 5.04. The summed E-state index contributed by atoms with van der Waals surface area (Å²) in [6.07, 6.45) is 0.681. The zero-order chi connectivity index (χ0) is 21.3. The lowest BCUT2D eigenvalue weighted by atomic mass is 10.1. The molecule has 1 aliphatic heterocycles. The van der Waals surface area contributed by atoms with Crippen molar-refractivity contribution in [2.75, 3.05) is 18.7 Å². The van der Waals surface area contributed by atoms with Crippen LogP contribution in [0.1, 0.15) is 29.3 Å². The van der Waals surface area contributed by atoms with Crippen molar-refractivity contribution >= 4 is 11.6 Å². The Morgan fingerprint density at radius 3 is 2.50 bits per heavy atom. The lowest BCUT2D eigenvalue weighted by Gasteiger charge is -2.38. The first-order valence-electron chi connectivity index (χ1n) is 10.3. The van der Waals surface area contributed by atoms with Gasteiger partial charge in [0.05, 0.1) is 20.4 Å². The fraction of sp³-hybridized carbons (Fsp3) is 0.333. The van der Waals surface area contributed by atoms with Crippen LogP contribution in [0.3, 0.4) is 0 Å². The molecule has 0 atom stereocenters. The maximum absolute atomic E-state index is 13.2. The van der Waals surface area contributed by atoms with Crippen LogP contribution in [0.25, 0.3) is 0 Å². The smallest absolute Gasteiger partial charge is 0.259 e. The second-order valence-corrected chi connectivity index (χ2v) is 7.79. The van der Waals surface area contributed by atoms with Gasteiger partial charge in [0.2, 0.25) is 5.95 Å². The Bertz CT molecular complexity index is 1110. The summed E-state index contributed by atoms with van der Waals surface area (Å²) < 4.78 is 7.08. The number of aryl methyl sites for hydroxylation is 2. The third-order valence-electron chi connectivity index (χ3n) is 5.61. The van der Waals surface area contributed by atoms with Crippen molar-refractivity contribution in [2.45, 2.75) is 40.4 Å². The van der Waals surface area contributed by atoms with E-state index in [4.69, 9.17) is 9.72 Å². The molecular weight excluding hydrogens is 376 g/mol. The van der Waals surface area contributed by atoms with Crippen molar-refractivity contribution in [2.24, 2.45) is 0 Å². The fourth-order valence-electron chi connectivity index (χ4n) is 4.02. The summed E-state index contributed by atoms with van der Waals surface area (Å²) in [4.78, 5) is 22.5. The summed E-state index contributed by atoms with van der Waals surface area (Å²) in [6, 6.07) is 16.4. The number of fused-ring (bicyclic) bond motifs is 1. The SMILES string of the molecule is CCc1c(C)nc2n(c1=O)CN(Cc1ccc(OC)cc1)CN2c1cccc(C)c1. The number of ether oxygens (including phenoxy) is 1. The van der Waals surface area contributed by atoms with Gasteiger partial charge in [-0.1, -0.05) is 31.2 Å². The van der Waals surface area contributed by atoms with Gasteiger partial charge in [-0.15, -0.1) is 0 Å². The van der Waals surface area contributed by atoms with Gasteiger partial charge >= 0.3 is 0 Å². The molecule has 0 fully saturated rings. The highest BCUT2D eigenvalue weighted by molar-refractivity contribution is 5.59. The molecule has 3 aromatic rings. The molecule has 2 aromatic carbocycles. The van der Waals surface area contributed by atoms with Crippen molar-refractivity contribution in [1.82, 2.24) is 14.5 Å². The van der Waals surface area contributed by atoms with Crippen LogP contribution in [0.4, 0.5) is 11.6 Å². The standard InChI is InChI=1S/C24H28N4O2/c1-5-22-18(3)25-24-27(20-8-6-7-17(2)13-20)15-26(16-28(24)23(22)29)14-19-9-11-21(30-4)12-10-19/h6-13H,5,14-16H2,1-4H3. The van der Waals surface area contributed by atoms with E-state index >= 15 is 0 Å². The third kappa shape index (κ3) is 3.83. The molecule has 156 valence electrons. The van der Waals surface area contributed by atoms with Gasteiger partial charge < -0.3 is 4.74 Å². The van der Waals surface area contributed by atoms with Crippen LogP contribution in [0.15, 0.2) is 53.3 Å². The largest absolute Gasteiger partial charge is 0.497 e. The van der Waals surface area contributed by atoms with Gasteiger partial charge in [0, 0.05) is 23.5 Å². The third-order valence-corrected chi connectivity index (χ3v) is 5.61. The number of benzene rings is 2. The maximum atomic E-state index is 13.2. The Labute approximate surface area is 177 Å². The summed E-state index contributed by atoms with van der Waals surface area (Å²) in [5.74, 6) is 1.55. The van der Waals surface area contributed by atoms with E-state index in [0.29, 0.717) is 25.7 Å². The van der Waals surface area contributed by atoms with Crippen LogP contribution >= 0.6 is 0 Å². The molecule has 2 heterocycles. The summed E-state index contributed by atoms with van der Waals surface area (Å²) in [7, 11) is 1.67.